The monoisotopic (exact) mass is 642 g/mol. The molecule has 2 saturated carbocycles. The van der Waals surface area contributed by atoms with E-state index >= 15 is 0 Å². The molecule has 2 N–H and O–H groups in total. The van der Waals surface area contributed by atoms with E-state index in [1.807, 2.05) is 13.0 Å². The first-order valence-electron chi connectivity index (χ1n) is 15.3. The van der Waals surface area contributed by atoms with Crippen LogP contribution in [0.2, 0.25) is 0 Å². The molecule has 0 bridgehead atoms. The summed E-state index contributed by atoms with van der Waals surface area (Å²) in [5.74, 6) is -4.18. The molecule has 8 atom stereocenters. The molecule has 2 fully saturated rings. The molecule has 3 aromatic rings. The smallest absolute Gasteiger partial charge is 0.345 e. The number of carbonyl (C=O) groups excluding carboxylic acids is 2. The number of rotatable bonds is 5. The van der Waals surface area contributed by atoms with Crippen LogP contribution in [-0.2, 0) is 19.1 Å². The molecule has 47 heavy (non-hydrogen) atoms. The zero-order valence-electron chi connectivity index (χ0n) is 26.3. The van der Waals surface area contributed by atoms with Gasteiger partial charge in [-0.25, -0.2) is 9.59 Å². The van der Waals surface area contributed by atoms with Crippen LogP contribution in [0.4, 0.5) is 0 Å². The van der Waals surface area contributed by atoms with Gasteiger partial charge in [-0.1, -0.05) is 6.92 Å². The Kier molecular flexibility index (Phi) is 7.71. The third-order valence-electron chi connectivity index (χ3n) is 10.7. The van der Waals surface area contributed by atoms with Crippen molar-refractivity contribution >= 4 is 17.9 Å². The van der Waals surface area contributed by atoms with E-state index in [1.165, 1.54) is 50.4 Å². The van der Waals surface area contributed by atoms with Crippen LogP contribution in [-0.4, -0.2) is 50.9 Å². The molecule has 1 aliphatic heterocycles. The quantitative estimate of drug-likeness (QED) is 0.373. The van der Waals surface area contributed by atoms with Crippen LogP contribution >= 0.6 is 0 Å². The summed E-state index contributed by atoms with van der Waals surface area (Å²) in [6.07, 6.45) is -0.108. The van der Waals surface area contributed by atoms with Crippen LogP contribution in [0, 0.1) is 34.0 Å². The fourth-order valence-electron chi connectivity index (χ4n) is 8.42. The Morgan fingerprint density at radius 2 is 1.81 bits per heavy atom. The highest BCUT2D eigenvalue weighted by atomic mass is 16.6. The zero-order chi connectivity index (χ0) is 33.9. The van der Waals surface area contributed by atoms with Gasteiger partial charge in [-0.2, -0.15) is 5.26 Å². The van der Waals surface area contributed by atoms with Gasteiger partial charge in [-0.15, -0.1) is 0 Å². The van der Waals surface area contributed by atoms with E-state index in [0.717, 1.165) is 0 Å². The highest BCUT2D eigenvalue weighted by Gasteiger charge is 2.72. The molecule has 1 aromatic carbocycles. The standard InChI is InChI=1S/C35H34N2O10/c1-18(38)44-25-11-12-33(2)24(34(25,3)32(42)43)15-26(46-30(40)20-9-7-19(16-36)8-10-20)35(4)29(33)28(39)27-23(47-35)14-22(45-31(27)41)21-6-5-13-37-17-21/h5-10,13-14,17,24-26,28-29,39H,11-12,15H2,1-4H3,(H,42,43)/t24?,25-,26-,28-,29?,33-,34+,35+/m0/s1. The Morgan fingerprint density at radius 1 is 1.09 bits per heavy atom. The van der Waals surface area contributed by atoms with Gasteiger partial charge in [-0.05, 0) is 80.8 Å². The van der Waals surface area contributed by atoms with Crippen molar-refractivity contribution in [3.63, 3.8) is 0 Å². The number of carboxylic acid groups (broad SMARTS) is 1. The summed E-state index contributed by atoms with van der Waals surface area (Å²) in [5.41, 5.74) is -4.10. The minimum Gasteiger partial charge on any atom is -0.482 e. The van der Waals surface area contributed by atoms with Gasteiger partial charge < -0.3 is 28.8 Å². The van der Waals surface area contributed by atoms with Gasteiger partial charge in [0.05, 0.1) is 23.3 Å². The number of aliphatic hydroxyl groups is 1. The number of carboxylic acids is 1. The largest absolute Gasteiger partial charge is 0.482 e. The highest BCUT2D eigenvalue weighted by Crippen LogP contribution is 2.67. The van der Waals surface area contributed by atoms with E-state index in [-0.39, 0.29) is 35.5 Å². The van der Waals surface area contributed by atoms with Gasteiger partial charge >= 0.3 is 23.5 Å². The number of fused-ring (bicyclic) bond motifs is 4. The lowest BCUT2D eigenvalue weighted by molar-refractivity contribution is -0.261. The van der Waals surface area contributed by atoms with E-state index in [1.54, 1.807) is 25.3 Å². The summed E-state index contributed by atoms with van der Waals surface area (Å²) in [4.78, 5) is 56.5. The first-order chi connectivity index (χ1) is 22.2. The maximum atomic E-state index is 13.6. The van der Waals surface area contributed by atoms with Crippen molar-refractivity contribution in [2.75, 3.05) is 0 Å². The molecule has 0 radical (unpaired) electrons. The fourth-order valence-corrected chi connectivity index (χ4v) is 8.42. The molecule has 2 aromatic heterocycles. The van der Waals surface area contributed by atoms with E-state index in [2.05, 4.69) is 4.98 Å². The number of benzene rings is 1. The molecule has 3 aliphatic rings. The second-order valence-electron chi connectivity index (χ2n) is 13.2. The lowest BCUT2D eigenvalue weighted by atomic mass is 9.42. The van der Waals surface area contributed by atoms with Crippen LogP contribution in [0.5, 0.6) is 5.75 Å². The topological polar surface area (TPSA) is 186 Å². The van der Waals surface area contributed by atoms with E-state index in [4.69, 9.17) is 18.6 Å². The third kappa shape index (κ3) is 4.97. The molecule has 2 unspecified atom stereocenters. The van der Waals surface area contributed by atoms with E-state index < -0.39 is 70.1 Å². The Bertz CT molecular complexity index is 1850. The average molecular weight is 643 g/mol. The molecule has 12 heteroatoms. The highest BCUT2D eigenvalue weighted by molar-refractivity contribution is 5.89. The van der Waals surface area contributed by atoms with Gasteiger partial charge in [0, 0.05) is 36.9 Å². The Labute approximate surface area is 269 Å². The van der Waals surface area contributed by atoms with Crippen molar-refractivity contribution in [2.45, 2.75) is 70.9 Å². The minimum absolute atomic E-state index is 0.0228. The van der Waals surface area contributed by atoms with Gasteiger partial charge in [0.15, 0.2) is 0 Å². The summed E-state index contributed by atoms with van der Waals surface area (Å²) in [6, 6.07) is 12.7. The van der Waals surface area contributed by atoms with Crippen molar-refractivity contribution in [3.05, 3.63) is 82.0 Å². The number of nitriles is 1. The van der Waals surface area contributed by atoms with Crippen molar-refractivity contribution in [1.29, 1.82) is 5.26 Å². The molecule has 2 aliphatic carbocycles. The molecule has 0 saturated heterocycles. The van der Waals surface area contributed by atoms with Crippen molar-refractivity contribution < 1.29 is 43.2 Å². The van der Waals surface area contributed by atoms with E-state index in [9.17, 15) is 34.7 Å². The predicted molar refractivity (Wildman–Crippen MR) is 163 cm³/mol. The third-order valence-corrected chi connectivity index (χ3v) is 10.7. The molecule has 0 spiro atoms. The Morgan fingerprint density at radius 3 is 2.43 bits per heavy atom. The number of aliphatic hydroxyl groups excluding tert-OH is 1. The summed E-state index contributed by atoms with van der Waals surface area (Å²) >= 11 is 0. The van der Waals surface area contributed by atoms with E-state index in [0.29, 0.717) is 17.5 Å². The number of esters is 2. The summed E-state index contributed by atoms with van der Waals surface area (Å²) in [6.45, 7) is 6.25. The van der Waals surface area contributed by atoms with Crippen LogP contribution in [0.1, 0.15) is 74.5 Å². The second-order valence-corrected chi connectivity index (χ2v) is 13.2. The number of hydrogen-bond acceptors (Lipinski definition) is 11. The number of ether oxygens (including phenoxy) is 3. The maximum Gasteiger partial charge on any atom is 0.345 e. The van der Waals surface area contributed by atoms with Crippen LogP contribution < -0.4 is 10.4 Å². The SMILES string of the molecule is CC(=O)O[C@H]1CC[C@]2(C)C3[C@@H](O)c4c(cc(-c5cccnc5)oc4=O)O[C@]3(C)[C@@H](OC(=O)c3ccc(C#N)cc3)CC2[C@@]1(C)C(=O)O. The van der Waals surface area contributed by atoms with Crippen LogP contribution in [0.15, 0.2) is 64.1 Å². The fraction of sp³-hybridized carbons (Fsp3) is 0.429. The lowest BCUT2D eigenvalue weighted by Crippen LogP contribution is -2.71. The van der Waals surface area contributed by atoms with Gasteiger partial charge in [0.2, 0.25) is 0 Å². The first kappa shape index (κ1) is 31.9. The molecule has 244 valence electrons. The normalized spacial score (nSPS) is 32.3. The molecule has 0 amide bonds. The van der Waals surface area contributed by atoms with Gasteiger partial charge in [-0.3, -0.25) is 14.6 Å². The number of pyridine rings is 1. The predicted octanol–water partition coefficient (Wildman–Crippen LogP) is 4.44. The summed E-state index contributed by atoms with van der Waals surface area (Å²) in [5, 5.41) is 32.1. The zero-order valence-corrected chi connectivity index (χ0v) is 26.3. The number of carbonyl (C=O) groups is 3. The van der Waals surface area contributed by atoms with Crippen LogP contribution in [0.25, 0.3) is 11.3 Å². The Hall–Kier alpha value is -5.02. The molecule has 3 heterocycles. The van der Waals surface area contributed by atoms with Gasteiger partial charge in [0.25, 0.3) is 0 Å². The minimum atomic E-state index is -1.66. The maximum absolute atomic E-state index is 13.6. The second kappa shape index (κ2) is 11.3. The molecular weight excluding hydrogens is 608 g/mol. The van der Waals surface area contributed by atoms with Crippen molar-refractivity contribution in [3.8, 4) is 23.1 Å². The summed E-state index contributed by atoms with van der Waals surface area (Å²) < 4.78 is 24.0. The van der Waals surface area contributed by atoms with Crippen LogP contribution in [0.3, 0.4) is 0 Å². The van der Waals surface area contributed by atoms with Crippen molar-refractivity contribution in [2.24, 2.45) is 22.7 Å². The lowest BCUT2D eigenvalue weighted by Gasteiger charge is -2.65. The number of aromatic nitrogens is 1. The molecule has 12 nitrogen and oxygen atoms in total. The number of hydrogen-bond donors (Lipinski definition) is 2. The first-order valence-corrected chi connectivity index (χ1v) is 15.3. The van der Waals surface area contributed by atoms with Crippen molar-refractivity contribution in [1.82, 2.24) is 4.98 Å². The van der Waals surface area contributed by atoms with Gasteiger partial charge in [0.1, 0.15) is 40.3 Å². The average Bonchev–Trinajstić information content (AvgIpc) is 3.03. The number of nitrogens with zero attached hydrogens (tertiary/aromatic N) is 2. The Balaban J connectivity index is 1.51. The molecule has 6 rings (SSSR count). The summed E-state index contributed by atoms with van der Waals surface area (Å²) in [7, 11) is 0. The number of aliphatic carboxylic acids is 1. The molecular formula is C35H34N2O10.